The lowest BCUT2D eigenvalue weighted by molar-refractivity contribution is -0.135. The molecule has 1 aliphatic heterocycles. The van der Waals surface area contributed by atoms with E-state index in [1.807, 2.05) is 11.8 Å². The molecule has 1 saturated heterocycles. The van der Waals surface area contributed by atoms with Crippen molar-refractivity contribution in [3.8, 4) is 0 Å². The third-order valence-electron chi connectivity index (χ3n) is 3.53. The topological polar surface area (TPSA) is 70.7 Å². The Labute approximate surface area is 133 Å². The van der Waals surface area contributed by atoms with Crippen LogP contribution in [0.15, 0.2) is 0 Å². The van der Waals surface area contributed by atoms with Crippen molar-refractivity contribution in [2.24, 2.45) is 5.92 Å². The van der Waals surface area contributed by atoms with Crippen molar-refractivity contribution in [1.82, 2.24) is 15.5 Å². The number of nitrogens with zero attached hydrogens (tertiary/aromatic N) is 1. The minimum atomic E-state index is -0.0572. The first-order valence-electron chi connectivity index (χ1n) is 7.44. The van der Waals surface area contributed by atoms with Crippen LogP contribution >= 0.6 is 12.4 Å². The van der Waals surface area contributed by atoms with Crippen LogP contribution in [-0.2, 0) is 14.3 Å². The molecule has 0 bridgehead atoms. The molecule has 0 saturated carbocycles. The van der Waals surface area contributed by atoms with E-state index >= 15 is 0 Å². The molecule has 21 heavy (non-hydrogen) atoms. The van der Waals surface area contributed by atoms with Gasteiger partial charge in [0.2, 0.25) is 11.8 Å². The zero-order chi connectivity index (χ0) is 14.8. The molecule has 1 atom stereocenters. The molecular formula is C14H28ClN3O3. The lowest BCUT2D eigenvalue weighted by atomic mass is 9.97. The number of hydrogen-bond acceptors (Lipinski definition) is 4. The summed E-state index contributed by atoms with van der Waals surface area (Å²) in [4.78, 5) is 25.5. The molecule has 1 aliphatic rings. The highest BCUT2D eigenvalue weighted by Crippen LogP contribution is 2.17. The molecule has 1 heterocycles. The van der Waals surface area contributed by atoms with Crippen molar-refractivity contribution < 1.29 is 14.3 Å². The zero-order valence-corrected chi connectivity index (χ0v) is 13.8. The van der Waals surface area contributed by atoms with Crippen molar-refractivity contribution >= 4 is 24.2 Å². The second-order valence-electron chi connectivity index (χ2n) is 5.07. The number of rotatable bonds is 8. The molecule has 1 fully saturated rings. The van der Waals surface area contributed by atoms with E-state index in [-0.39, 0.29) is 30.1 Å². The molecule has 124 valence electrons. The predicted octanol–water partition coefficient (Wildman–Crippen LogP) is 0.409. The predicted molar refractivity (Wildman–Crippen MR) is 84.6 cm³/mol. The van der Waals surface area contributed by atoms with Crippen LogP contribution in [0, 0.1) is 5.92 Å². The summed E-state index contributed by atoms with van der Waals surface area (Å²) in [6.45, 7) is 6.02. The van der Waals surface area contributed by atoms with Gasteiger partial charge >= 0.3 is 0 Å². The third kappa shape index (κ3) is 7.64. The van der Waals surface area contributed by atoms with Crippen LogP contribution < -0.4 is 10.6 Å². The van der Waals surface area contributed by atoms with E-state index in [4.69, 9.17) is 4.74 Å². The Morgan fingerprint density at radius 3 is 2.71 bits per heavy atom. The molecule has 6 nitrogen and oxygen atoms in total. The van der Waals surface area contributed by atoms with Crippen LogP contribution in [0.3, 0.4) is 0 Å². The average molecular weight is 322 g/mol. The molecule has 0 aromatic carbocycles. The minimum absolute atomic E-state index is 0. The van der Waals surface area contributed by atoms with Crippen molar-refractivity contribution in [1.29, 1.82) is 0 Å². The summed E-state index contributed by atoms with van der Waals surface area (Å²) in [7, 11) is 1.66. The second-order valence-corrected chi connectivity index (χ2v) is 5.07. The molecule has 2 N–H and O–H groups in total. The van der Waals surface area contributed by atoms with Gasteiger partial charge in [-0.1, -0.05) is 6.92 Å². The van der Waals surface area contributed by atoms with Gasteiger partial charge in [-0.25, -0.2) is 0 Å². The molecular weight excluding hydrogens is 294 g/mol. The summed E-state index contributed by atoms with van der Waals surface area (Å²) >= 11 is 0. The van der Waals surface area contributed by atoms with E-state index in [0.29, 0.717) is 26.1 Å². The van der Waals surface area contributed by atoms with Gasteiger partial charge in [-0.15, -0.1) is 12.4 Å². The highest BCUT2D eigenvalue weighted by atomic mass is 35.5. The van der Waals surface area contributed by atoms with Crippen molar-refractivity contribution in [3.63, 3.8) is 0 Å². The first kappa shape index (κ1) is 20.1. The highest BCUT2D eigenvalue weighted by Gasteiger charge is 2.27. The molecule has 0 radical (unpaired) electrons. The number of carbonyl (C=O) groups excluding carboxylic acids is 2. The van der Waals surface area contributed by atoms with Gasteiger partial charge in [-0.2, -0.15) is 0 Å². The number of carbonyl (C=O) groups is 2. The van der Waals surface area contributed by atoms with Crippen molar-refractivity contribution in [2.45, 2.75) is 26.2 Å². The fourth-order valence-electron chi connectivity index (χ4n) is 2.36. The van der Waals surface area contributed by atoms with Gasteiger partial charge in [-0.05, 0) is 12.8 Å². The largest absolute Gasteiger partial charge is 0.383 e. The monoisotopic (exact) mass is 321 g/mol. The normalized spacial score (nSPS) is 18.0. The fourth-order valence-corrected chi connectivity index (χ4v) is 2.36. The van der Waals surface area contributed by atoms with E-state index in [2.05, 4.69) is 10.6 Å². The smallest absolute Gasteiger partial charge is 0.224 e. The van der Waals surface area contributed by atoms with E-state index in [1.54, 1.807) is 7.11 Å². The van der Waals surface area contributed by atoms with Gasteiger partial charge in [0.05, 0.1) is 12.5 Å². The maximum absolute atomic E-state index is 12.0. The van der Waals surface area contributed by atoms with E-state index < -0.39 is 0 Å². The molecule has 7 heteroatoms. The highest BCUT2D eigenvalue weighted by molar-refractivity contribution is 5.85. The first-order valence-corrected chi connectivity index (χ1v) is 7.44. The average Bonchev–Trinajstić information content (AvgIpc) is 2.49. The Kier molecular flexibility index (Phi) is 11.3. The number of likely N-dealkylation sites (tertiary alicyclic amines) is 1. The summed E-state index contributed by atoms with van der Waals surface area (Å²) in [6.07, 6.45) is 2.30. The molecule has 1 rings (SSSR count). The van der Waals surface area contributed by atoms with Crippen LogP contribution in [0.4, 0.5) is 0 Å². The van der Waals surface area contributed by atoms with Gasteiger partial charge < -0.3 is 20.3 Å². The number of methoxy groups -OCH3 is 1. The maximum atomic E-state index is 12.0. The van der Waals surface area contributed by atoms with E-state index in [1.165, 1.54) is 0 Å². The van der Waals surface area contributed by atoms with Crippen LogP contribution in [0.1, 0.15) is 26.2 Å². The Morgan fingerprint density at radius 1 is 1.29 bits per heavy atom. The summed E-state index contributed by atoms with van der Waals surface area (Å²) in [6, 6.07) is 0. The second kappa shape index (κ2) is 11.8. The summed E-state index contributed by atoms with van der Waals surface area (Å²) in [5.41, 5.74) is 0. The maximum Gasteiger partial charge on any atom is 0.224 e. The number of halogens is 1. The molecule has 0 aromatic rings. The lowest BCUT2D eigenvalue weighted by Gasteiger charge is -2.31. The quantitative estimate of drug-likeness (QED) is 0.635. The minimum Gasteiger partial charge on any atom is -0.383 e. The number of ether oxygens (including phenoxy) is 1. The molecule has 1 unspecified atom stereocenters. The van der Waals surface area contributed by atoms with Crippen LogP contribution in [-0.4, -0.2) is 63.2 Å². The Balaban J connectivity index is 0.00000400. The van der Waals surface area contributed by atoms with E-state index in [9.17, 15) is 9.59 Å². The summed E-state index contributed by atoms with van der Waals surface area (Å²) in [5.74, 6) is 0.147. The third-order valence-corrected chi connectivity index (χ3v) is 3.53. The van der Waals surface area contributed by atoms with E-state index in [0.717, 1.165) is 32.5 Å². The number of amides is 2. The Bertz CT molecular complexity index is 316. The van der Waals surface area contributed by atoms with Gasteiger partial charge in [0, 0.05) is 46.3 Å². The van der Waals surface area contributed by atoms with Crippen LogP contribution in [0.25, 0.3) is 0 Å². The Hall–Kier alpha value is -0.850. The van der Waals surface area contributed by atoms with Crippen molar-refractivity contribution in [2.75, 3.05) is 46.4 Å². The number of nitrogens with one attached hydrogen (secondary N) is 2. The number of piperidine rings is 1. The van der Waals surface area contributed by atoms with Crippen LogP contribution in [0.5, 0.6) is 0 Å². The van der Waals surface area contributed by atoms with Gasteiger partial charge in [0.15, 0.2) is 0 Å². The van der Waals surface area contributed by atoms with Crippen LogP contribution in [0.2, 0.25) is 0 Å². The van der Waals surface area contributed by atoms with Gasteiger partial charge in [0.1, 0.15) is 0 Å². The molecule has 0 spiro atoms. The SMILES string of the molecule is CCC(=O)N1CCCC(C(=O)NCCNCCOC)C1.Cl. The first-order chi connectivity index (χ1) is 9.69. The zero-order valence-electron chi connectivity index (χ0n) is 13.0. The molecule has 0 aliphatic carbocycles. The van der Waals surface area contributed by atoms with Crippen molar-refractivity contribution in [3.05, 3.63) is 0 Å². The number of hydrogen-bond donors (Lipinski definition) is 2. The summed E-state index contributed by atoms with van der Waals surface area (Å²) in [5, 5.41) is 6.10. The Morgan fingerprint density at radius 2 is 2.05 bits per heavy atom. The lowest BCUT2D eigenvalue weighted by Crippen LogP contribution is -2.46. The molecule has 0 aromatic heterocycles. The summed E-state index contributed by atoms with van der Waals surface area (Å²) < 4.78 is 4.92. The fraction of sp³-hybridized carbons (Fsp3) is 0.857. The standard InChI is InChI=1S/C14H27N3O3.ClH/c1-3-13(18)17-9-4-5-12(11-17)14(19)16-7-6-15-8-10-20-2;/h12,15H,3-11H2,1-2H3,(H,16,19);1H. The van der Waals surface area contributed by atoms with Gasteiger partial charge in [0.25, 0.3) is 0 Å². The molecule has 2 amide bonds. The van der Waals surface area contributed by atoms with Gasteiger partial charge in [-0.3, -0.25) is 9.59 Å².